The molecule has 0 aliphatic rings. The third-order valence-electron chi connectivity index (χ3n) is 3.62. The van der Waals surface area contributed by atoms with Crippen LogP contribution in [0, 0.1) is 6.92 Å². The van der Waals surface area contributed by atoms with E-state index in [2.05, 4.69) is 10.3 Å². The molecule has 1 N–H and O–H groups in total. The number of amides is 1. The van der Waals surface area contributed by atoms with Crippen molar-refractivity contribution in [3.8, 4) is 0 Å². The minimum Gasteiger partial charge on any atom is -0.451 e. The number of esters is 1. The van der Waals surface area contributed by atoms with Crippen molar-refractivity contribution in [3.05, 3.63) is 72.1 Å². The second-order valence-corrected chi connectivity index (χ2v) is 5.32. The number of nitrogens with zero attached hydrogens (tertiary/aromatic N) is 1. The fourth-order valence-corrected chi connectivity index (χ4v) is 2.38. The number of benzene rings is 2. The first kappa shape index (κ1) is 15.7. The fraction of sp³-hybridized carbons (Fsp3) is 0.105. The molecule has 0 bridgehead atoms. The lowest BCUT2D eigenvalue weighted by Gasteiger charge is -2.09. The highest BCUT2D eigenvalue weighted by Gasteiger charge is 2.15. The molecule has 0 unspecified atom stereocenters. The number of rotatable bonds is 4. The number of fused-ring (bicyclic) bond motifs is 1. The summed E-state index contributed by atoms with van der Waals surface area (Å²) in [6.07, 6.45) is 1.55. The van der Waals surface area contributed by atoms with Gasteiger partial charge in [-0.15, -0.1) is 0 Å². The van der Waals surface area contributed by atoms with Crippen LogP contribution in [-0.2, 0) is 9.53 Å². The molecule has 3 aromatic rings. The van der Waals surface area contributed by atoms with Gasteiger partial charge in [0.05, 0.1) is 0 Å². The van der Waals surface area contributed by atoms with Crippen molar-refractivity contribution in [3.63, 3.8) is 0 Å². The Balaban J connectivity index is 1.67. The van der Waals surface area contributed by atoms with E-state index in [1.807, 2.05) is 49.4 Å². The Bertz CT molecular complexity index is 901. The first-order valence-electron chi connectivity index (χ1n) is 7.51. The Kier molecular flexibility index (Phi) is 4.52. The lowest BCUT2D eigenvalue weighted by atomic mass is 10.1. The number of pyridine rings is 1. The molecule has 2 aromatic carbocycles. The zero-order valence-corrected chi connectivity index (χ0v) is 13.2. The molecule has 5 nitrogen and oxygen atoms in total. The van der Waals surface area contributed by atoms with Gasteiger partial charge in [0.1, 0.15) is 0 Å². The van der Waals surface area contributed by atoms with Gasteiger partial charge in [0.2, 0.25) is 0 Å². The molecule has 1 aromatic heterocycles. The summed E-state index contributed by atoms with van der Waals surface area (Å²) in [4.78, 5) is 28.2. The largest absolute Gasteiger partial charge is 0.451 e. The number of aryl methyl sites for hydroxylation is 1. The number of hydrogen-bond acceptors (Lipinski definition) is 4. The standard InChI is InChI=1S/C19H16N2O3/c1-13-6-2-5-9-16(13)21-17(22)12-24-19(23)18-15-8-4-3-7-14(15)10-11-20-18/h2-11H,12H2,1H3,(H,21,22). The normalized spacial score (nSPS) is 10.4. The minimum atomic E-state index is -0.619. The van der Waals surface area contributed by atoms with Crippen molar-refractivity contribution in [2.75, 3.05) is 11.9 Å². The van der Waals surface area contributed by atoms with Crippen LogP contribution in [0.2, 0.25) is 0 Å². The van der Waals surface area contributed by atoms with Crippen LogP contribution < -0.4 is 5.32 Å². The van der Waals surface area contributed by atoms with Crippen LogP contribution in [0.5, 0.6) is 0 Å². The zero-order valence-electron chi connectivity index (χ0n) is 13.2. The van der Waals surface area contributed by atoms with E-state index in [1.165, 1.54) is 0 Å². The molecule has 24 heavy (non-hydrogen) atoms. The molecule has 5 heteroatoms. The van der Waals surface area contributed by atoms with Crippen molar-refractivity contribution < 1.29 is 14.3 Å². The quantitative estimate of drug-likeness (QED) is 0.749. The van der Waals surface area contributed by atoms with E-state index in [0.717, 1.165) is 10.9 Å². The van der Waals surface area contributed by atoms with Crippen LogP contribution in [0.15, 0.2) is 60.8 Å². The van der Waals surface area contributed by atoms with Crippen molar-refractivity contribution in [1.29, 1.82) is 0 Å². The van der Waals surface area contributed by atoms with Crippen molar-refractivity contribution in [2.45, 2.75) is 6.92 Å². The molecule has 0 fully saturated rings. The molecule has 0 spiro atoms. The topological polar surface area (TPSA) is 68.3 Å². The molecule has 0 aliphatic carbocycles. The summed E-state index contributed by atoms with van der Waals surface area (Å²) in [6, 6.07) is 16.6. The van der Waals surface area contributed by atoms with Crippen molar-refractivity contribution >= 4 is 28.3 Å². The SMILES string of the molecule is Cc1ccccc1NC(=O)COC(=O)c1nccc2ccccc12. The molecule has 0 saturated heterocycles. The summed E-state index contributed by atoms with van der Waals surface area (Å²) >= 11 is 0. The van der Waals surface area contributed by atoms with E-state index < -0.39 is 11.9 Å². The van der Waals surface area contributed by atoms with Crippen LogP contribution >= 0.6 is 0 Å². The van der Waals surface area contributed by atoms with Crippen LogP contribution in [0.25, 0.3) is 10.8 Å². The second-order valence-electron chi connectivity index (χ2n) is 5.32. The van der Waals surface area contributed by atoms with Crippen LogP contribution in [0.3, 0.4) is 0 Å². The maximum atomic E-state index is 12.2. The Labute approximate surface area is 139 Å². The lowest BCUT2D eigenvalue weighted by Crippen LogP contribution is -2.21. The Hall–Kier alpha value is -3.21. The van der Waals surface area contributed by atoms with Crippen molar-refractivity contribution in [1.82, 2.24) is 4.98 Å². The van der Waals surface area contributed by atoms with E-state index in [1.54, 1.807) is 18.3 Å². The van der Waals surface area contributed by atoms with Crippen LogP contribution in [-0.4, -0.2) is 23.5 Å². The summed E-state index contributed by atoms with van der Waals surface area (Å²) in [5.74, 6) is -1.01. The maximum Gasteiger partial charge on any atom is 0.358 e. The molecule has 3 rings (SSSR count). The summed E-state index contributed by atoms with van der Waals surface area (Å²) in [5, 5.41) is 4.31. The summed E-state index contributed by atoms with van der Waals surface area (Å²) < 4.78 is 5.10. The Morgan fingerprint density at radius 2 is 1.79 bits per heavy atom. The third-order valence-corrected chi connectivity index (χ3v) is 3.62. The van der Waals surface area contributed by atoms with Crippen molar-refractivity contribution in [2.24, 2.45) is 0 Å². The van der Waals surface area contributed by atoms with Crippen LogP contribution in [0.4, 0.5) is 5.69 Å². The van der Waals surface area contributed by atoms with E-state index in [0.29, 0.717) is 11.1 Å². The Morgan fingerprint density at radius 1 is 1.04 bits per heavy atom. The number of carbonyl (C=O) groups excluding carboxylic acids is 2. The van der Waals surface area contributed by atoms with E-state index >= 15 is 0 Å². The van der Waals surface area contributed by atoms with Gasteiger partial charge >= 0.3 is 5.97 Å². The number of para-hydroxylation sites is 1. The Morgan fingerprint density at radius 3 is 2.62 bits per heavy atom. The smallest absolute Gasteiger partial charge is 0.358 e. The first-order valence-corrected chi connectivity index (χ1v) is 7.51. The molecule has 0 aliphatic heterocycles. The van der Waals surface area contributed by atoms with Gasteiger partial charge < -0.3 is 10.1 Å². The predicted molar refractivity (Wildman–Crippen MR) is 91.8 cm³/mol. The van der Waals surface area contributed by atoms with Gasteiger partial charge in [0.15, 0.2) is 12.3 Å². The van der Waals surface area contributed by atoms with E-state index in [9.17, 15) is 9.59 Å². The van der Waals surface area contributed by atoms with Gasteiger partial charge in [0.25, 0.3) is 5.91 Å². The van der Waals surface area contributed by atoms with Gasteiger partial charge in [-0.25, -0.2) is 9.78 Å². The highest BCUT2D eigenvalue weighted by Crippen LogP contribution is 2.17. The number of aromatic nitrogens is 1. The number of hydrogen-bond donors (Lipinski definition) is 1. The van der Waals surface area contributed by atoms with Gasteiger partial charge in [0, 0.05) is 17.3 Å². The highest BCUT2D eigenvalue weighted by atomic mass is 16.5. The second kappa shape index (κ2) is 6.91. The molecule has 0 atom stereocenters. The summed E-state index contributed by atoms with van der Waals surface area (Å²) in [7, 11) is 0. The van der Waals surface area contributed by atoms with Gasteiger partial charge in [-0.2, -0.15) is 0 Å². The highest BCUT2D eigenvalue weighted by molar-refractivity contribution is 6.03. The number of carbonyl (C=O) groups is 2. The minimum absolute atomic E-state index is 0.205. The molecule has 0 saturated carbocycles. The molecule has 0 radical (unpaired) electrons. The summed E-state index contributed by atoms with van der Waals surface area (Å²) in [5.41, 5.74) is 1.84. The number of ether oxygens (including phenoxy) is 1. The average Bonchev–Trinajstić information content (AvgIpc) is 2.61. The molecular weight excluding hydrogens is 304 g/mol. The molecule has 1 heterocycles. The lowest BCUT2D eigenvalue weighted by molar-refractivity contribution is -0.119. The average molecular weight is 320 g/mol. The zero-order chi connectivity index (χ0) is 16.9. The van der Waals surface area contributed by atoms with Crippen LogP contribution in [0.1, 0.15) is 16.1 Å². The monoisotopic (exact) mass is 320 g/mol. The maximum absolute atomic E-state index is 12.2. The first-order chi connectivity index (χ1) is 11.6. The predicted octanol–water partition coefficient (Wildman–Crippen LogP) is 3.34. The number of anilines is 1. The number of nitrogens with one attached hydrogen (secondary N) is 1. The fourth-order valence-electron chi connectivity index (χ4n) is 2.38. The van der Waals surface area contributed by atoms with Gasteiger partial charge in [-0.05, 0) is 30.0 Å². The molecule has 1 amide bonds. The summed E-state index contributed by atoms with van der Waals surface area (Å²) in [6.45, 7) is 1.53. The van der Waals surface area contributed by atoms with Gasteiger partial charge in [-0.1, -0.05) is 42.5 Å². The van der Waals surface area contributed by atoms with Gasteiger partial charge in [-0.3, -0.25) is 4.79 Å². The third kappa shape index (κ3) is 3.41. The molecular formula is C19H16N2O3. The molecule has 120 valence electrons. The van der Waals surface area contributed by atoms with E-state index in [4.69, 9.17) is 4.74 Å². The van der Waals surface area contributed by atoms with E-state index in [-0.39, 0.29) is 12.3 Å².